The first-order valence-electron chi connectivity index (χ1n) is 10.2. The molecule has 0 aliphatic carbocycles. The summed E-state index contributed by atoms with van der Waals surface area (Å²) in [6.45, 7) is -0.556. The van der Waals surface area contributed by atoms with Crippen molar-refractivity contribution in [1.82, 2.24) is 5.32 Å². The van der Waals surface area contributed by atoms with Crippen molar-refractivity contribution in [2.75, 3.05) is 18.1 Å². The Kier molecular flexibility index (Phi) is 7.96. The predicted octanol–water partition coefficient (Wildman–Crippen LogP) is 2.20. The van der Waals surface area contributed by atoms with E-state index in [2.05, 4.69) is 5.32 Å². The van der Waals surface area contributed by atoms with Crippen LogP contribution in [-0.2, 0) is 19.1 Å². The fourth-order valence-corrected chi connectivity index (χ4v) is 3.06. The van der Waals surface area contributed by atoms with E-state index in [0.717, 1.165) is 0 Å². The van der Waals surface area contributed by atoms with E-state index < -0.39 is 36.3 Å². The molecule has 170 valence electrons. The Hall–Kier alpha value is -4.40. The van der Waals surface area contributed by atoms with Gasteiger partial charge in [0.15, 0.2) is 18.4 Å². The molecular weight excluding hydrogens is 426 g/mol. The van der Waals surface area contributed by atoms with Crippen LogP contribution in [0.3, 0.4) is 0 Å². The van der Waals surface area contributed by atoms with Crippen LogP contribution < -0.4 is 16.0 Å². The molecule has 0 spiro atoms. The molecule has 1 aromatic heterocycles. The number of hydrogen-bond donors (Lipinski definition) is 2. The second-order valence-corrected chi connectivity index (χ2v) is 7.00. The van der Waals surface area contributed by atoms with Gasteiger partial charge in [-0.15, -0.1) is 0 Å². The Balaban J connectivity index is 1.71. The normalized spacial score (nSPS) is 11.3. The lowest BCUT2D eigenvalue weighted by atomic mass is 10.1. The first-order valence-corrected chi connectivity index (χ1v) is 10.2. The summed E-state index contributed by atoms with van der Waals surface area (Å²) in [6, 6.07) is 19.0. The molecule has 2 aromatic carbocycles. The van der Waals surface area contributed by atoms with Crippen LogP contribution in [0.25, 0.3) is 0 Å². The molecule has 0 bridgehead atoms. The third-order valence-electron chi connectivity index (χ3n) is 4.68. The average Bonchev–Trinajstić information content (AvgIpc) is 3.37. The zero-order valence-corrected chi connectivity index (χ0v) is 17.7. The number of para-hydroxylation sites is 1. The highest BCUT2D eigenvalue weighted by molar-refractivity contribution is 5.97. The summed E-state index contributed by atoms with van der Waals surface area (Å²) in [4.78, 5) is 50.7. The van der Waals surface area contributed by atoms with Crippen molar-refractivity contribution in [3.63, 3.8) is 0 Å². The summed E-state index contributed by atoms with van der Waals surface area (Å²) in [6.07, 6.45) is 1.29. The van der Waals surface area contributed by atoms with Crippen LogP contribution in [0.2, 0.25) is 0 Å². The Labute approximate surface area is 190 Å². The van der Waals surface area contributed by atoms with E-state index in [-0.39, 0.29) is 18.7 Å². The Morgan fingerprint density at radius 3 is 2.21 bits per heavy atom. The van der Waals surface area contributed by atoms with Crippen LogP contribution in [0.5, 0.6) is 0 Å². The zero-order chi connectivity index (χ0) is 23.6. The minimum atomic E-state index is -1.16. The van der Waals surface area contributed by atoms with Crippen molar-refractivity contribution >= 4 is 29.4 Å². The number of carbonyl (C=O) groups is 4. The summed E-state index contributed by atoms with van der Waals surface area (Å²) in [5, 5.41) is 2.57. The summed E-state index contributed by atoms with van der Waals surface area (Å²) < 4.78 is 10.3. The SMILES string of the molecule is NC(=O)CCN(C(=O)COC(=O)C(NC(=O)c1ccco1)c1ccccc1)c1ccccc1. The largest absolute Gasteiger partial charge is 0.459 e. The fourth-order valence-electron chi connectivity index (χ4n) is 3.06. The van der Waals surface area contributed by atoms with Crippen molar-refractivity contribution in [3.8, 4) is 0 Å². The molecule has 1 atom stereocenters. The monoisotopic (exact) mass is 449 g/mol. The van der Waals surface area contributed by atoms with Gasteiger partial charge >= 0.3 is 5.97 Å². The molecule has 3 N–H and O–H groups in total. The van der Waals surface area contributed by atoms with Gasteiger partial charge in [-0.25, -0.2) is 4.79 Å². The number of furan rings is 1. The maximum Gasteiger partial charge on any atom is 0.333 e. The highest BCUT2D eigenvalue weighted by atomic mass is 16.5. The molecule has 1 unspecified atom stereocenters. The smallest absolute Gasteiger partial charge is 0.333 e. The van der Waals surface area contributed by atoms with Crippen LogP contribution in [0, 0.1) is 0 Å². The third-order valence-corrected chi connectivity index (χ3v) is 4.68. The zero-order valence-electron chi connectivity index (χ0n) is 17.7. The van der Waals surface area contributed by atoms with Crippen LogP contribution in [0.4, 0.5) is 5.69 Å². The molecule has 9 heteroatoms. The number of primary amides is 1. The quantitative estimate of drug-likeness (QED) is 0.456. The van der Waals surface area contributed by atoms with Crippen LogP contribution in [-0.4, -0.2) is 36.8 Å². The topological polar surface area (TPSA) is 132 Å². The summed E-state index contributed by atoms with van der Waals surface area (Å²) in [5.41, 5.74) is 6.23. The van der Waals surface area contributed by atoms with Gasteiger partial charge in [0.05, 0.1) is 6.26 Å². The lowest BCUT2D eigenvalue weighted by Crippen LogP contribution is -2.39. The summed E-state index contributed by atoms with van der Waals surface area (Å²) >= 11 is 0. The number of esters is 1. The molecule has 3 amide bonds. The molecule has 0 saturated carbocycles. The number of benzene rings is 2. The number of ether oxygens (including phenoxy) is 1. The molecule has 0 radical (unpaired) electrons. The van der Waals surface area contributed by atoms with Crippen molar-refractivity contribution in [2.45, 2.75) is 12.5 Å². The van der Waals surface area contributed by atoms with E-state index in [9.17, 15) is 19.2 Å². The summed E-state index contributed by atoms with van der Waals surface area (Å²) in [5.74, 6) is -2.51. The van der Waals surface area contributed by atoms with Gasteiger partial charge in [0.25, 0.3) is 11.8 Å². The van der Waals surface area contributed by atoms with Gasteiger partial charge < -0.3 is 25.1 Å². The Morgan fingerprint density at radius 2 is 1.61 bits per heavy atom. The van der Waals surface area contributed by atoms with Gasteiger partial charge in [0, 0.05) is 18.7 Å². The lowest BCUT2D eigenvalue weighted by Gasteiger charge is -2.23. The van der Waals surface area contributed by atoms with E-state index in [0.29, 0.717) is 11.3 Å². The second-order valence-electron chi connectivity index (χ2n) is 7.00. The number of amides is 3. The van der Waals surface area contributed by atoms with Gasteiger partial charge in [0.1, 0.15) is 0 Å². The van der Waals surface area contributed by atoms with E-state index >= 15 is 0 Å². The average molecular weight is 449 g/mol. The Bertz CT molecular complexity index is 1080. The van der Waals surface area contributed by atoms with E-state index in [1.54, 1.807) is 66.7 Å². The van der Waals surface area contributed by atoms with Crippen LogP contribution in [0.15, 0.2) is 83.5 Å². The molecule has 33 heavy (non-hydrogen) atoms. The van der Waals surface area contributed by atoms with Crippen molar-refractivity contribution in [2.24, 2.45) is 5.73 Å². The van der Waals surface area contributed by atoms with Crippen LogP contribution >= 0.6 is 0 Å². The molecule has 3 rings (SSSR count). The Morgan fingerprint density at radius 1 is 0.939 bits per heavy atom. The first-order chi connectivity index (χ1) is 16.0. The molecule has 0 aliphatic rings. The second kappa shape index (κ2) is 11.3. The van der Waals surface area contributed by atoms with Gasteiger partial charge in [-0.3, -0.25) is 14.4 Å². The van der Waals surface area contributed by atoms with Gasteiger partial charge in [-0.2, -0.15) is 0 Å². The molecule has 9 nitrogen and oxygen atoms in total. The molecule has 3 aromatic rings. The van der Waals surface area contributed by atoms with Crippen molar-refractivity contribution in [1.29, 1.82) is 0 Å². The number of nitrogens with two attached hydrogens (primary N) is 1. The van der Waals surface area contributed by atoms with E-state index in [1.165, 1.54) is 17.2 Å². The number of carbonyl (C=O) groups excluding carboxylic acids is 4. The van der Waals surface area contributed by atoms with Crippen molar-refractivity contribution < 1.29 is 28.3 Å². The number of nitrogens with one attached hydrogen (secondary N) is 1. The van der Waals surface area contributed by atoms with Gasteiger partial charge in [-0.1, -0.05) is 48.5 Å². The molecular formula is C24H23N3O6. The molecule has 0 saturated heterocycles. The standard InChI is InChI=1S/C24H23N3O6/c25-20(28)13-14-27(18-10-5-2-6-11-18)21(29)16-33-24(31)22(17-8-3-1-4-9-17)26-23(30)19-12-7-15-32-19/h1-12,15,22H,13-14,16H2,(H2,25,28)(H,26,30). The fraction of sp³-hybridized carbons (Fsp3) is 0.167. The number of nitrogens with zero attached hydrogens (tertiary/aromatic N) is 1. The maximum absolute atomic E-state index is 12.9. The highest BCUT2D eigenvalue weighted by Gasteiger charge is 2.27. The summed E-state index contributed by atoms with van der Waals surface area (Å²) in [7, 11) is 0. The van der Waals surface area contributed by atoms with Crippen molar-refractivity contribution in [3.05, 3.63) is 90.4 Å². The lowest BCUT2D eigenvalue weighted by molar-refractivity contribution is -0.150. The third kappa shape index (κ3) is 6.54. The minimum absolute atomic E-state index is 0.0292. The van der Waals surface area contributed by atoms with Gasteiger partial charge in [-0.05, 0) is 29.8 Å². The maximum atomic E-state index is 12.9. The predicted molar refractivity (Wildman–Crippen MR) is 119 cm³/mol. The minimum Gasteiger partial charge on any atom is -0.459 e. The van der Waals surface area contributed by atoms with E-state index in [1.807, 2.05) is 0 Å². The molecule has 1 heterocycles. The van der Waals surface area contributed by atoms with E-state index in [4.69, 9.17) is 14.9 Å². The first kappa shape index (κ1) is 23.3. The van der Waals surface area contributed by atoms with Crippen LogP contribution in [0.1, 0.15) is 28.6 Å². The highest BCUT2D eigenvalue weighted by Crippen LogP contribution is 2.17. The number of hydrogen-bond acceptors (Lipinski definition) is 6. The molecule has 0 aliphatic heterocycles. The number of rotatable bonds is 10. The van der Waals surface area contributed by atoms with Gasteiger partial charge in [0.2, 0.25) is 5.91 Å². The molecule has 0 fully saturated rings. The number of anilines is 1.